The number of benzene rings is 3. The van der Waals surface area contributed by atoms with Gasteiger partial charge in [-0.15, -0.1) is 0 Å². The fraction of sp³-hybridized carbons (Fsp3) is 0.148. The molecule has 1 unspecified atom stereocenters. The molecule has 3 heterocycles. The molecular formula is C27H21ClN2O3. The van der Waals surface area contributed by atoms with Crippen molar-refractivity contribution in [3.63, 3.8) is 0 Å². The van der Waals surface area contributed by atoms with Crippen molar-refractivity contribution in [3.05, 3.63) is 100 Å². The van der Waals surface area contributed by atoms with Crippen LogP contribution in [0.25, 0.3) is 17.0 Å². The molecule has 0 fully saturated rings. The zero-order valence-electron chi connectivity index (χ0n) is 17.8. The van der Waals surface area contributed by atoms with Gasteiger partial charge in [-0.2, -0.15) is 0 Å². The van der Waals surface area contributed by atoms with E-state index in [9.17, 15) is 4.79 Å². The number of para-hydroxylation sites is 1. The van der Waals surface area contributed by atoms with Gasteiger partial charge in [-0.25, -0.2) is 0 Å². The first-order chi connectivity index (χ1) is 16.2. The normalized spacial score (nSPS) is 17.0. The van der Waals surface area contributed by atoms with Crippen LogP contribution in [0.5, 0.6) is 11.5 Å². The average molecular weight is 457 g/mol. The predicted molar refractivity (Wildman–Crippen MR) is 129 cm³/mol. The summed E-state index contributed by atoms with van der Waals surface area (Å²) in [5, 5.41) is 1.88. The van der Waals surface area contributed by atoms with E-state index >= 15 is 0 Å². The molecule has 0 saturated carbocycles. The Hall–Kier alpha value is -3.70. The molecule has 2 aliphatic rings. The fourth-order valence-corrected chi connectivity index (χ4v) is 4.87. The maximum atomic E-state index is 13.4. The lowest BCUT2D eigenvalue weighted by atomic mass is 9.92. The monoisotopic (exact) mass is 456 g/mol. The molecule has 0 aliphatic carbocycles. The number of aromatic nitrogens is 1. The van der Waals surface area contributed by atoms with E-state index in [-0.39, 0.29) is 18.7 Å². The topological polar surface area (TPSA) is 54.6 Å². The maximum Gasteiger partial charge on any atom is 0.247 e. The largest absolute Gasteiger partial charge is 0.454 e. The van der Waals surface area contributed by atoms with Crippen LogP contribution in [0.3, 0.4) is 0 Å². The van der Waals surface area contributed by atoms with Gasteiger partial charge in [-0.05, 0) is 59.5 Å². The molecule has 0 bridgehead atoms. The van der Waals surface area contributed by atoms with Gasteiger partial charge in [-0.1, -0.05) is 48.0 Å². The van der Waals surface area contributed by atoms with Crippen LogP contribution in [0.4, 0.5) is 0 Å². The number of halogens is 1. The summed E-state index contributed by atoms with van der Waals surface area (Å²) in [6.45, 7) is 0.839. The molecule has 6 heteroatoms. The maximum absolute atomic E-state index is 13.4. The van der Waals surface area contributed by atoms with Crippen LogP contribution >= 0.6 is 11.6 Å². The van der Waals surface area contributed by atoms with Gasteiger partial charge < -0.3 is 19.4 Å². The molecule has 0 spiro atoms. The Kier molecular flexibility index (Phi) is 4.84. The summed E-state index contributed by atoms with van der Waals surface area (Å²) in [5.74, 6) is 1.39. The molecule has 164 valence electrons. The molecule has 6 rings (SSSR count). The average Bonchev–Trinajstić information content (AvgIpc) is 3.46. The molecule has 4 aromatic rings. The molecule has 3 aromatic carbocycles. The summed E-state index contributed by atoms with van der Waals surface area (Å²) in [5.41, 5.74) is 5.31. The summed E-state index contributed by atoms with van der Waals surface area (Å²) in [7, 11) is 0. The minimum atomic E-state index is -0.252. The zero-order chi connectivity index (χ0) is 22.4. The number of nitrogens with zero attached hydrogens (tertiary/aromatic N) is 1. The first-order valence-electron chi connectivity index (χ1n) is 10.9. The number of amides is 1. The first-order valence-corrected chi connectivity index (χ1v) is 11.3. The molecule has 0 saturated heterocycles. The number of hydrogen-bond donors (Lipinski definition) is 1. The van der Waals surface area contributed by atoms with Gasteiger partial charge in [0.05, 0.1) is 6.04 Å². The molecule has 1 amide bonds. The molecule has 33 heavy (non-hydrogen) atoms. The Morgan fingerprint density at radius 3 is 2.73 bits per heavy atom. The van der Waals surface area contributed by atoms with Gasteiger partial charge in [0, 0.05) is 34.2 Å². The highest BCUT2D eigenvalue weighted by Crippen LogP contribution is 2.42. The van der Waals surface area contributed by atoms with E-state index in [0.29, 0.717) is 17.3 Å². The van der Waals surface area contributed by atoms with Crippen molar-refractivity contribution in [1.82, 2.24) is 9.88 Å². The first kappa shape index (κ1) is 19.9. The number of rotatable bonds is 3. The molecule has 1 N–H and O–H groups in total. The zero-order valence-corrected chi connectivity index (χ0v) is 18.5. The van der Waals surface area contributed by atoms with Gasteiger partial charge >= 0.3 is 0 Å². The van der Waals surface area contributed by atoms with Crippen LogP contribution in [0.2, 0.25) is 5.02 Å². The van der Waals surface area contributed by atoms with Crippen LogP contribution in [0, 0.1) is 0 Å². The minimum absolute atomic E-state index is 0.0445. The Bertz CT molecular complexity index is 1390. The van der Waals surface area contributed by atoms with Gasteiger partial charge in [0.15, 0.2) is 11.5 Å². The molecule has 1 aromatic heterocycles. The van der Waals surface area contributed by atoms with Gasteiger partial charge in [-0.3, -0.25) is 4.79 Å². The highest BCUT2D eigenvalue weighted by molar-refractivity contribution is 6.30. The third kappa shape index (κ3) is 3.55. The van der Waals surface area contributed by atoms with Crippen molar-refractivity contribution >= 4 is 34.5 Å². The number of fused-ring (bicyclic) bond motifs is 4. The van der Waals surface area contributed by atoms with Crippen LogP contribution in [0.15, 0.2) is 72.8 Å². The van der Waals surface area contributed by atoms with Crippen LogP contribution in [-0.4, -0.2) is 29.1 Å². The van der Waals surface area contributed by atoms with Crippen molar-refractivity contribution in [2.45, 2.75) is 12.5 Å². The summed E-state index contributed by atoms with van der Waals surface area (Å²) < 4.78 is 11.1. The van der Waals surface area contributed by atoms with E-state index in [2.05, 4.69) is 23.2 Å². The number of carbonyl (C=O) groups excluding carboxylic acids is 1. The number of carbonyl (C=O) groups is 1. The summed E-state index contributed by atoms with van der Waals surface area (Å²) in [6.07, 6.45) is 4.26. The third-order valence-corrected chi connectivity index (χ3v) is 6.57. The van der Waals surface area contributed by atoms with Crippen molar-refractivity contribution in [2.75, 3.05) is 13.3 Å². The van der Waals surface area contributed by atoms with Crippen molar-refractivity contribution in [1.29, 1.82) is 0 Å². The van der Waals surface area contributed by atoms with E-state index in [0.717, 1.165) is 34.5 Å². The van der Waals surface area contributed by atoms with Gasteiger partial charge in [0.1, 0.15) is 0 Å². The predicted octanol–water partition coefficient (Wildman–Crippen LogP) is 5.74. The number of aromatic amines is 1. The van der Waals surface area contributed by atoms with E-state index in [1.54, 1.807) is 6.08 Å². The van der Waals surface area contributed by atoms with Crippen LogP contribution in [-0.2, 0) is 11.2 Å². The Labute approximate surface area is 196 Å². The van der Waals surface area contributed by atoms with Crippen molar-refractivity contribution < 1.29 is 14.3 Å². The standard InChI is InChI=1S/C27H21ClN2O3/c28-19-9-5-17(6-10-19)7-12-25(31)30-14-13-21-20-3-1-2-4-22(20)29-26(21)27(30)18-8-11-23-24(15-18)33-16-32-23/h1-12,15,27,29H,13-14,16H2. The number of hydrogen-bond acceptors (Lipinski definition) is 3. The van der Waals surface area contributed by atoms with E-state index in [1.165, 1.54) is 10.9 Å². The van der Waals surface area contributed by atoms with Crippen LogP contribution < -0.4 is 9.47 Å². The summed E-state index contributed by atoms with van der Waals surface area (Å²) >= 11 is 5.98. The smallest absolute Gasteiger partial charge is 0.247 e. The number of nitrogens with one attached hydrogen (secondary N) is 1. The summed E-state index contributed by atoms with van der Waals surface area (Å²) in [6, 6.07) is 21.4. The molecular weight excluding hydrogens is 436 g/mol. The Morgan fingerprint density at radius 1 is 1.03 bits per heavy atom. The van der Waals surface area contributed by atoms with E-state index in [1.807, 2.05) is 59.5 Å². The molecule has 1 atom stereocenters. The lowest BCUT2D eigenvalue weighted by molar-refractivity contribution is -0.128. The second-order valence-corrected chi connectivity index (χ2v) is 8.68. The SMILES string of the molecule is O=C(C=Cc1ccc(Cl)cc1)N1CCc2c([nH]c3ccccc23)C1c1ccc2c(c1)OCO2. The fourth-order valence-electron chi connectivity index (χ4n) is 4.75. The van der Waals surface area contributed by atoms with E-state index < -0.39 is 0 Å². The number of ether oxygens (including phenoxy) is 2. The van der Waals surface area contributed by atoms with Crippen molar-refractivity contribution in [2.24, 2.45) is 0 Å². The molecule has 5 nitrogen and oxygen atoms in total. The Balaban J connectivity index is 1.42. The van der Waals surface area contributed by atoms with Crippen molar-refractivity contribution in [3.8, 4) is 11.5 Å². The second-order valence-electron chi connectivity index (χ2n) is 8.24. The van der Waals surface area contributed by atoms with Crippen LogP contribution in [0.1, 0.15) is 28.4 Å². The highest BCUT2D eigenvalue weighted by atomic mass is 35.5. The van der Waals surface area contributed by atoms with Gasteiger partial charge in [0.25, 0.3) is 0 Å². The third-order valence-electron chi connectivity index (χ3n) is 6.32. The second kappa shape index (κ2) is 8.01. The lowest BCUT2D eigenvalue weighted by Gasteiger charge is -2.35. The Morgan fingerprint density at radius 2 is 1.85 bits per heavy atom. The minimum Gasteiger partial charge on any atom is -0.454 e. The number of H-pyrrole nitrogens is 1. The van der Waals surface area contributed by atoms with E-state index in [4.69, 9.17) is 21.1 Å². The molecule has 0 radical (unpaired) electrons. The van der Waals surface area contributed by atoms with Gasteiger partial charge in [0.2, 0.25) is 12.7 Å². The summed E-state index contributed by atoms with van der Waals surface area (Å²) in [4.78, 5) is 18.9. The lowest BCUT2D eigenvalue weighted by Crippen LogP contribution is -2.39. The highest BCUT2D eigenvalue weighted by Gasteiger charge is 2.34. The molecule has 2 aliphatic heterocycles. The quantitative estimate of drug-likeness (QED) is 0.400.